The summed E-state index contributed by atoms with van der Waals surface area (Å²) in [5, 5.41) is 2.88. The first kappa shape index (κ1) is 13.6. The van der Waals surface area contributed by atoms with Gasteiger partial charge < -0.3 is 5.32 Å². The fourth-order valence-corrected chi connectivity index (χ4v) is 2.28. The SMILES string of the molecule is Cc1ccc(NC(=O)N(C)c2ccccc2)c(Br)c1. The van der Waals surface area contributed by atoms with Crippen molar-refractivity contribution in [2.45, 2.75) is 6.92 Å². The molecule has 4 heteroatoms. The Morgan fingerprint density at radius 2 is 1.84 bits per heavy atom. The van der Waals surface area contributed by atoms with E-state index >= 15 is 0 Å². The number of anilines is 2. The second-order valence-corrected chi connectivity index (χ2v) is 5.16. The minimum atomic E-state index is -0.171. The molecule has 1 N–H and O–H groups in total. The second-order valence-electron chi connectivity index (χ2n) is 4.31. The van der Waals surface area contributed by atoms with Gasteiger partial charge in [-0.05, 0) is 52.7 Å². The van der Waals surface area contributed by atoms with Gasteiger partial charge >= 0.3 is 6.03 Å². The molecule has 2 amide bonds. The first-order valence-corrected chi connectivity index (χ1v) is 6.73. The molecule has 98 valence electrons. The second kappa shape index (κ2) is 5.89. The number of carbonyl (C=O) groups excluding carboxylic acids is 1. The minimum Gasteiger partial charge on any atom is -0.306 e. The summed E-state index contributed by atoms with van der Waals surface area (Å²) in [5.41, 5.74) is 2.75. The number of carbonyl (C=O) groups is 1. The van der Waals surface area contributed by atoms with E-state index in [1.165, 1.54) is 0 Å². The highest BCUT2D eigenvalue weighted by Gasteiger charge is 2.11. The molecular formula is C15H15BrN2O. The van der Waals surface area contributed by atoms with Crippen LogP contribution in [0.2, 0.25) is 0 Å². The molecule has 0 heterocycles. The van der Waals surface area contributed by atoms with Crippen molar-refractivity contribution in [3.05, 3.63) is 58.6 Å². The lowest BCUT2D eigenvalue weighted by Crippen LogP contribution is -2.31. The maximum absolute atomic E-state index is 12.1. The number of rotatable bonds is 2. The molecule has 19 heavy (non-hydrogen) atoms. The number of hydrogen-bond donors (Lipinski definition) is 1. The van der Waals surface area contributed by atoms with Crippen molar-refractivity contribution in [3.63, 3.8) is 0 Å². The molecule has 3 nitrogen and oxygen atoms in total. The summed E-state index contributed by atoms with van der Waals surface area (Å²) >= 11 is 3.45. The van der Waals surface area contributed by atoms with Gasteiger partial charge in [0.15, 0.2) is 0 Å². The molecule has 0 spiro atoms. The Kier molecular flexibility index (Phi) is 4.22. The Bertz CT molecular complexity index is 584. The maximum atomic E-state index is 12.1. The summed E-state index contributed by atoms with van der Waals surface area (Å²) in [6, 6.07) is 15.2. The summed E-state index contributed by atoms with van der Waals surface area (Å²) in [5.74, 6) is 0. The number of para-hydroxylation sites is 1. The van der Waals surface area contributed by atoms with Crippen LogP contribution in [0, 0.1) is 6.92 Å². The molecule has 0 aromatic heterocycles. The van der Waals surface area contributed by atoms with E-state index in [0.717, 1.165) is 21.4 Å². The Hall–Kier alpha value is -1.81. The summed E-state index contributed by atoms with van der Waals surface area (Å²) < 4.78 is 0.877. The van der Waals surface area contributed by atoms with Crippen LogP contribution in [0.5, 0.6) is 0 Å². The third kappa shape index (κ3) is 3.35. The van der Waals surface area contributed by atoms with E-state index in [1.54, 1.807) is 11.9 Å². The molecule has 0 atom stereocenters. The molecule has 0 radical (unpaired) electrons. The van der Waals surface area contributed by atoms with Gasteiger partial charge in [0.2, 0.25) is 0 Å². The van der Waals surface area contributed by atoms with E-state index in [9.17, 15) is 4.79 Å². The molecule has 2 aromatic rings. The number of nitrogens with one attached hydrogen (secondary N) is 1. The summed E-state index contributed by atoms with van der Waals surface area (Å²) in [6.07, 6.45) is 0. The molecule has 0 unspecified atom stereocenters. The Balaban J connectivity index is 2.13. The highest BCUT2D eigenvalue weighted by atomic mass is 79.9. The number of nitrogens with zero attached hydrogens (tertiary/aromatic N) is 1. The fourth-order valence-electron chi connectivity index (χ4n) is 1.69. The molecule has 0 aliphatic carbocycles. The van der Waals surface area contributed by atoms with Gasteiger partial charge in [0.25, 0.3) is 0 Å². The van der Waals surface area contributed by atoms with Crippen LogP contribution in [0.4, 0.5) is 16.2 Å². The van der Waals surface area contributed by atoms with Crippen LogP contribution in [-0.2, 0) is 0 Å². The van der Waals surface area contributed by atoms with Crippen molar-refractivity contribution in [2.24, 2.45) is 0 Å². The number of amides is 2. The van der Waals surface area contributed by atoms with Crippen molar-refractivity contribution in [1.29, 1.82) is 0 Å². The monoisotopic (exact) mass is 318 g/mol. The van der Waals surface area contributed by atoms with Crippen molar-refractivity contribution in [2.75, 3.05) is 17.3 Å². The fraction of sp³-hybridized carbons (Fsp3) is 0.133. The molecule has 0 aliphatic heterocycles. The third-order valence-electron chi connectivity index (χ3n) is 2.81. The van der Waals surface area contributed by atoms with Gasteiger partial charge in [-0.2, -0.15) is 0 Å². The predicted octanol–water partition coefficient (Wildman–Crippen LogP) is 4.43. The maximum Gasteiger partial charge on any atom is 0.326 e. The van der Waals surface area contributed by atoms with Gasteiger partial charge in [0.1, 0.15) is 0 Å². The minimum absolute atomic E-state index is 0.171. The van der Waals surface area contributed by atoms with E-state index in [2.05, 4.69) is 21.2 Å². The van der Waals surface area contributed by atoms with Crippen molar-refractivity contribution in [1.82, 2.24) is 0 Å². The first-order valence-electron chi connectivity index (χ1n) is 5.94. The van der Waals surface area contributed by atoms with Crippen LogP contribution in [0.1, 0.15) is 5.56 Å². The molecule has 0 saturated heterocycles. The van der Waals surface area contributed by atoms with Gasteiger partial charge in [-0.3, -0.25) is 4.90 Å². The van der Waals surface area contributed by atoms with Gasteiger partial charge in [-0.1, -0.05) is 24.3 Å². The van der Waals surface area contributed by atoms with Crippen LogP contribution in [-0.4, -0.2) is 13.1 Å². The zero-order chi connectivity index (χ0) is 13.8. The van der Waals surface area contributed by atoms with E-state index < -0.39 is 0 Å². The highest BCUT2D eigenvalue weighted by Crippen LogP contribution is 2.24. The smallest absolute Gasteiger partial charge is 0.306 e. The lowest BCUT2D eigenvalue weighted by atomic mass is 10.2. The van der Waals surface area contributed by atoms with Gasteiger partial charge in [0.05, 0.1) is 5.69 Å². The topological polar surface area (TPSA) is 32.3 Å². The van der Waals surface area contributed by atoms with Crippen LogP contribution < -0.4 is 10.2 Å². The number of urea groups is 1. The van der Waals surface area contributed by atoms with E-state index in [1.807, 2.05) is 55.5 Å². The van der Waals surface area contributed by atoms with Crippen LogP contribution >= 0.6 is 15.9 Å². The molecule has 0 fully saturated rings. The van der Waals surface area contributed by atoms with E-state index in [-0.39, 0.29) is 6.03 Å². The van der Waals surface area contributed by atoms with Gasteiger partial charge in [-0.15, -0.1) is 0 Å². The Morgan fingerprint density at radius 3 is 2.47 bits per heavy atom. The number of hydrogen-bond acceptors (Lipinski definition) is 1. The first-order chi connectivity index (χ1) is 9.08. The standard InChI is InChI=1S/C15H15BrN2O/c1-11-8-9-14(13(16)10-11)17-15(19)18(2)12-6-4-3-5-7-12/h3-10H,1-2H3,(H,17,19). The van der Waals surface area contributed by atoms with Gasteiger partial charge in [0, 0.05) is 17.2 Å². The van der Waals surface area contributed by atoms with E-state index in [0.29, 0.717) is 0 Å². The van der Waals surface area contributed by atoms with Crippen LogP contribution in [0.3, 0.4) is 0 Å². The molecule has 0 saturated carbocycles. The summed E-state index contributed by atoms with van der Waals surface area (Å²) in [7, 11) is 1.74. The van der Waals surface area contributed by atoms with Crippen molar-refractivity contribution < 1.29 is 4.79 Å². The third-order valence-corrected chi connectivity index (χ3v) is 3.47. The molecule has 2 aromatic carbocycles. The largest absolute Gasteiger partial charge is 0.326 e. The average Bonchev–Trinajstić information content (AvgIpc) is 2.42. The molecule has 0 bridgehead atoms. The normalized spacial score (nSPS) is 10.1. The zero-order valence-electron chi connectivity index (χ0n) is 10.9. The summed E-state index contributed by atoms with van der Waals surface area (Å²) in [4.78, 5) is 13.7. The lowest BCUT2D eigenvalue weighted by Gasteiger charge is -2.18. The van der Waals surface area contributed by atoms with E-state index in [4.69, 9.17) is 0 Å². The van der Waals surface area contributed by atoms with Crippen molar-refractivity contribution in [3.8, 4) is 0 Å². The van der Waals surface area contributed by atoms with Crippen LogP contribution in [0.25, 0.3) is 0 Å². The molecule has 2 rings (SSSR count). The number of halogens is 1. The highest BCUT2D eigenvalue weighted by molar-refractivity contribution is 9.10. The quantitative estimate of drug-likeness (QED) is 0.873. The zero-order valence-corrected chi connectivity index (χ0v) is 12.4. The Labute approximate surface area is 121 Å². The van der Waals surface area contributed by atoms with Crippen molar-refractivity contribution >= 4 is 33.3 Å². The van der Waals surface area contributed by atoms with Crippen LogP contribution in [0.15, 0.2) is 53.0 Å². The lowest BCUT2D eigenvalue weighted by molar-refractivity contribution is 0.258. The predicted molar refractivity (Wildman–Crippen MR) is 82.7 cm³/mol. The average molecular weight is 319 g/mol. The molecular weight excluding hydrogens is 304 g/mol. The molecule has 0 aliphatic rings. The summed E-state index contributed by atoms with van der Waals surface area (Å²) in [6.45, 7) is 2.01. The Morgan fingerprint density at radius 1 is 1.16 bits per heavy atom. The van der Waals surface area contributed by atoms with Gasteiger partial charge in [-0.25, -0.2) is 4.79 Å². The number of benzene rings is 2. The number of aryl methyl sites for hydroxylation is 1.